The second kappa shape index (κ2) is 7.25. The van der Waals surface area contributed by atoms with Crippen LogP contribution in [-0.2, 0) is 13.1 Å². The number of anilines is 1. The third kappa shape index (κ3) is 3.83. The van der Waals surface area contributed by atoms with Crippen LogP contribution in [0.1, 0.15) is 24.0 Å². The minimum Gasteiger partial charge on any atom is -0.381 e. The van der Waals surface area contributed by atoms with E-state index < -0.39 is 0 Å². The predicted octanol–water partition coefficient (Wildman–Crippen LogP) is 3.10. The lowest BCUT2D eigenvalue weighted by Crippen LogP contribution is -2.41. The molecule has 5 nitrogen and oxygen atoms in total. The first-order chi connectivity index (χ1) is 12.3. The zero-order valence-corrected chi connectivity index (χ0v) is 14.4. The summed E-state index contributed by atoms with van der Waals surface area (Å²) in [6, 6.07) is 15.5. The number of hydrogen-bond donors (Lipinski definition) is 3. The van der Waals surface area contributed by atoms with E-state index in [-0.39, 0.29) is 0 Å². The molecule has 130 valence electrons. The Morgan fingerprint density at radius 1 is 1.20 bits per heavy atom. The maximum Gasteiger partial charge on any atom is 0.0651 e. The fourth-order valence-electron chi connectivity index (χ4n) is 3.70. The Bertz CT molecular complexity index is 841. The highest BCUT2D eigenvalue weighted by atomic mass is 15.2. The van der Waals surface area contributed by atoms with Crippen LogP contribution in [0.25, 0.3) is 10.9 Å². The summed E-state index contributed by atoms with van der Waals surface area (Å²) in [4.78, 5) is 2.53. The number of likely N-dealkylation sites (tertiary alicyclic amines) is 1. The molecule has 1 fully saturated rings. The van der Waals surface area contributed by atoms with Crippen molar-refractivity contribution >= 4 is 16.6 Å². The van der Waals surface area contributed by atoms with Crippen molar-refractivity contribution in [1.29, 1.82) is 0 Å². The zero-order chi connectivity index (χ0) is 17.1. The number of piperidine rings is 1. The van der Waals surface area contributed by atoms with Crippen LogP contribution < -0.4 is 11.1 Å². The summed E-state index contributed by atoms with van der Waals surface area (Å²) in [6.45, 7) is 3.82. The lowest BCUT2D eigenvalue weighted by atomic mass is 10.0. The standard InChI is InChI=1S/C20H25N5/c21-11-15-3-1-4-16(9-15)13-25-8-2-5-19(14-25)23-18-6-7-20-17(10-18)12-22-24-20/h1,3-4,6-7,9-10,12,19,23H,2,5,8,11,13-14,21H2,(H,22,24)/t19-/m1/s1. The minimum atomic E-state index is 0.482. The number of nitrogens with zero attached hydrogens (tertiary/aromatic N) is 2. The van der Waals surface area contributed by atoms with Crippen molar-refractivity contribution in [3.63, 3.8) is 0 Å². The number of hydrogen-bond acceptors (Lipinski definition) is 4. The van der Waals surface area contributed by atoms with Crippen molar-refractivity contribution in [2.24, 2.45) is 5.73 Å². The third-order valence-electron chi connectivity index (χ3n) is 4.95. The van der Waals surface area contributed by atoms with Gasteiger partial charge in [0.2, 0.25) is 0 Å². The van der Waals surface area contributed by atoms with Gasteiger partial charge >= 0.3 is 0 Å². The maximum absolute atomic E-state index is 5.76. The SMILES string of the molecule is NCc1cccc(CN2CCC[C@@H](Nc3ccc4[nH]ncc4c3)C2)c1. The van der Waals surface area contributed by atoms with Crippen molar-refractivity contribution in [2.75, 3.05) is 18.4 Å². The molecule has 1 aliphatic rings. The Morgan fingerprint density at radius 2 is 2.12 bits per heavy atom. The van der Waals surface area contributed by atoms with E-state index in [1.807, 2.05) is 6.20 Å². The number of aromatic nitrogens is 2. The zero-order valence-electron chi connectivity index (χ0n) is 14.4. The molecule has 0 unspecified atom stereocenters. The van der Waals surface area contributed by atoms with Crippen LogP contribution in [0.4, 0.5) is 5.69 Å². The summed E-state index contributed by atoms with van der Waals surface area (Å²) in [5, 5.41) is 11.9. The summed E-state index contributed by atoms with van der Waals surface area (Å²) in [7, 11) is 0. The molecule has 1 saturated heterocycles. The number of nitrogens with one attached hydrogen (secondary N) is 2. The van der Waals surface area contributed by atoms with Crippen LogP contribution in [0.2, 0.25) is 0 Å². The van der Waals surface area contributed by atoms with Crippen molar-refractivity contribution in [3.05, 3.63) is 59.8 Å². The molecule has 5 heteroatoms. The van der Waals surface area contributed by atoms with Gasteiger partial charge in [-0.3, -0.25) is 10.00 Å². The molecule has 0 saturated carbocycles. The van der Waals surface area contributed by atoms with Crippen LogP contribution in [0, 0.1) is 0 Å². The Kier molecular flexibility index (Phi) is 4.68. The van der Waals surface area contributed by atoms with Crippen molar-refractivity contribution in [1.82, 2.24) is 15.1 Å². The first-order valence-electron chi connectivity index (χ1n) is 9.00. The highest BCUT2D eigenvalue weighted by molar-refractivity contribution is 5.81. The van der Waals surface area contributed by atoms with Gasteiger partial charge in [0.05, 0.1) is 11.7 Å². The lowest BCUT2D eigenvalue weighted by molar-refractivity contribution is 0.208. The number of benzene rings is 2. The normalized spacial score (nSPS) is 18.5. The van der Waals surface area contributed by atoms with Crippen LogP contribution >= 0.6 is 0 Å². The minimum absolute atomic E-state index is 0.482. The second-order valence-electron chi connectivity index (χ2n) is 6.91. The van der Waals surface area contributed by atoms with Crippen LogP contribution in [0.15, 0.2) is 48.7 Å². The molecular formula is C20H25N5. The van der Waals surface area contributed by atoms with E-state index >= 15 is 0 Å². The van der Waals surface area contributed by atoms with E-state index in [0.717, 1.165) is 30.5 Å². The van der Waals surface area contributed by atoms with E-state index in [2.05, 4.69) is 62.9 Å². The molecule has 0 amide bonds. The molecular weight excluding hydrogens is 310 g/mol. The van der Waals surface area contributed by atoms with Gasteiger partial charge in [-0.05, 0) is 48.7 Å². The van der Waals surface area contributed by atoms with Gasteiger partial charge in [-0.2, -0.15) is 5.10 Å². The molecule has 0 spiro atoms. The smallest absolute Gasteiger partial charge is 0.0651 e. The van der Waals surface area contributed by atoms with Gasteiger partial charge in [0.25, 0.3) is 0 Å². The molecule has 1 aliphatic heterocycles. The van der Waals surface area contributed by atoms with Gasteiger partial charge in [-0.1, -0.05) is 24.3 Å². The van der Waals surface area contributed by atoms with Gasteiger partial charge < -0.3 is 11.1 Å². The van der Waals surface area contributed by atoms with E-state index in [1.54, 1.807) is 0 Å². The fraction of sp³-hybridized carbons (Fsp3) is 0.350. The number of aromatic amines is 1. The number of fused-ring (bicyclic) bond motifs is 1. The first-order valence-corrected chi connectivity index (χ1v) is 9.00. The summed E-state index contributed by atoms with van der Waals surface area (Å²) < 4.78 is 0. The molecule has 0 radical (unpaired) electrons. The summed E-state index contributed by atoms with van der Waals surface area (Å²) >= 11 is 0. The van der Waals surface area contributed by atoms with Gasteiger partial charge in [0.1, 0.15) is 0 Å². The molecule has 25 heavy (non-hydrogen) atoms. The Balaban J connectivity index is 1.40. The topological polar surface area (TPSA) is 70.0 Å². The fourth-order valence-corrected chi connectivity index (χ4v) is 3.70. The molecule has 4 N–H and O–H groups in total. The number of H-pyrrole nitrogens is 1. The molecule has 2 heterocycles. The van der Waals surface area contributed by atoms with Gasteiger partial charge in [-0.15, -0.1) is 0 Å². The monoisotopic (exact) mass is 335 g/mol. The summed E-state index contributed by atoms with van der Waals surface area (Å²) in [6.07, 6.45) is 4.31. The van der Waals surface area contributed by atoms with Gasteiger partial charge in [-0.25, -0.2) is 0 Å². The molecule has 0 bridgehead atoms. The molecule has 1 aromatic heterocycles. The van der Waals surface area contributed by atoms with Crippen molar-refractivity contribution in [3.8, 4) is 0 Å². The highest BCUT2D eigenvalue weighted by Crippen LogP contribution is 2.21. The molecule has 2 aromatic carbocycles. The quantitative estimate of drug-likeness (QED) is 0.670. The van der Waals surface area contributed by atoms with Crippen LogP contribution in [0.5, 0.6) is 0 Å². The van der Waals surface area contributed by atoms with Crippen LogP contribution in [-0.4, -0.2) is 34.2 Å². The molecule has 0 aliphatic carbocycles. The maximum atomic E-state index is 5.76. The number of rotatable bonds is 5. The average Bonchev–Trinajstić information content (AvgIpc) is 3.10. The largest absolute Gasteiger partial charge is 0.381 e. The number of nitrogens with two attached hydrogens (primary N) is 1. The molecule has 4 rings (SSSR count). The summed E-state index contributed by atoms with van der Waals surface area (Å²) in [5.41, 5.74) is 10.6. The van der Waals surface area contributed by atoms with Crippen LogP contribution in [0.3, 0.4) is 0 Å². The highest BCUT2D eigenvalue weighted by Gasteiger charge is 2.20. The average molecular weight is 335 g/mol. The summed E-state index contributed by atoms with van der Waals surface area (Å²) in [5.74, 6) is 0. The lowest BCUT2D eigenvalue weighted by Gasteiger charge is -2.33. The van der Waals surface area contributed by atoms with E-state index in [9.17, 15) is 0 Å². The first kappa shape index (κ1) is 16.1. The van der Waals surface area contributed by atoms with Crippen molar-refractivity contribution < 1.29 is 0 Å². The Hall–Kier alpha value is -2.37. The second-order valence-corrected chi connectivity index (χ2v) is 6.91. The Labute approximate surface area is 148 Å². The van der Waals surface area contributed by atoms with Crippen molar-refractivity contribution in [2.45, 2.75) is 32.0 Å². The third-order valence-corrected chi connectivity index (χ3v) is 4.95. The Morgan fingerprint density at radius 3 is 3.04 bits per heavy atom. The molecule has 1 atom stereocenters. The van der Waals surface area contributed by atoms with Gasteiger partial charge in [0, 0.05) is 36.7 Å². The predicted molar refractivity (Wildman–Crippen MR) is 102 cm³/mol. The van der Waals surface area contributed by atoms with Gasteiger partial charge in [0.15, 0.2) is 0 Å². The van der Waals surface area contributed by atoms with E-state index in [1.165, 1.54) is 29.7 Å². The van der Waals surface area contributed by atoms with E-state index in [0.29, 0.717) is 12.6 Å². The molecule has 3 aromatic rings. The van der Waals surface area contributed by atoms with E-state index in [4.69, 9.17) is 5.73 Å².